The van der Waals surface area contributed by atoms with Crippen molar-refractivity contribution in [3.8, 4) is 0 Å². The van der Waals surface area contributed by atoms with Crippen molar-refractivity contribution in [3.63, 3.8) is 0 Å². The molecule has 0 bridgehead atoms. The van der Waals surface area contributed by atoms with E-state index in [0.717, 1.165) is 18.6 Å². The molecule has 0 saturated carbocycles. The van der Waals surface area contributed by atoms with E-state index in [9.17, 15) is 24.0 Å². The number of carbonyl (C=O) groups is 5. The second-order valence-electron chi connectivity index (χ2n) is 11.1. The number of hydrogen-bond donors (Lipinski definition) is 1. The van der Waals surface area contributed by atoms with Gasteiger partial charge in [-0.2, -0.15) is 0 Å². The van der Waals surface area contributed by atoms with Crippen LogP contribution in [-0.2, 0) is 24.0 Å². The monoisotopic (exact) mass is 571 g/mol. The summed E-state index contributed by atoms with van der Waals surface area (Å²) in [5.41, 5.74) is 0. The number of unbranched alkanes of at least 4 members (excludes halogenated alkanes) is 4. The third kappa shape index (κ3) is 13.3. The molecule has 1 fully saturated rings. The highest BCUT2D eigenvalue weighted by atomic mass is 32.2. The van der Waals surface area contributed by atoms with Gasteiger partial charge in [0.25, 0.3) is 0 Å². The number of hydrogen-bond acceptors (Lipinski definition) is 6. The maximum atomic E-state index is 12.9. The topological polar surface area (TPSA) is 104 Å². The highest BCUT2D eigenvalue weighted by Gasteiger charge is 2.38. The van der Waals surface area contributed by atoms with Crippen molar-refractivity contribution >= 4 is 41.2 Å². The van der Waals surface area contributed by atoms with E-state index < -0.39 is 12.1 Å². The van der Waals surface area contributed by atoms with E-state index in [4.69, 9.17) is 0 Å². The Morgan fingerprint density at radius 3 is 2.08 bits per heavy atom. The first-order valence-electron chi connectivity index (χ1n) is 14.9. The van der Waals surface area contributed by atoms with Crippen molar-refractivity contribution in [3.05, 3.63) is 0 Å². The molecule has 39 heavy (non-hydrogen) atoms. The fraction of sp³-hybridized carbons (Fsp3) is 0.833. The normalized spacial score (nSPS) is 16.7. The Labute approximate surface area is 243 Å². The number of ketones is 1. The summed E-state index contributed by atoms with van der Waals surface area (Å²) >= 11 is 1.58. The molecule has 1 aliphatic heterocycles. The van der Waals surface area contributed by atoms with Crippen LogP contribution in [0.15, 0.2) is 0 Å². The molecule has 228 valence electrons. The number of amides is 4. The number of likely N-dealkylation sites (N-methyl/N-ethyl adjacent to an activating group) is 1. The lowest BCUT2D eigenvalue weighted by molar-refractivity contribution is -0.141. The molecule has 1 saturated heterocycles. The van der Waals surface area contributed by atoms with Crippen LogP contribution in [0.4, 0.5) is 0 Å². The molecule has 0 aromatic heterocycles. The number of nitrogens with zero attached hydrogens (tertiary/aromatic N) is 2. The Balaban J connectivity index is 0. The minimum atomic E-state index is -0.662. The Bertz CT molecular complexity index is 791. The van der Waals surface area contributed by atoms with Crippen LogP contribution in [-0.4, -0.2) is 75.9 Å². The summed E-state index contributed by atoms with van der Waals surface area (Å²) in [6.45, 7) is 15.8. The van der Waals surface area contributed by atoms with E-state index in [-0.39, 0.29) is 60.8 Å². The van der Waals surface area contributed by atoms with Crippen molar-refractivity contribution < 1.29 is 25.4 Å². The predicted octanol–water partition coefficient (Wildman–Crippen LogP) is 5.47. The zero-order chi connectivity index (χ0) is 30.1. The minimum Gasteiger partial charge on any atom is -0.344 e. The van der Waals surface area contributed by atoms with E-state index in [1.807, 2.05) is 27.7 Å². The fourth-order valence-corrected chi connectivity index (χ4v) is 5.61. The van der Waals surface area contributed by atoms with Gasteiger partial charge in [-0.05, 0) is 43.8 Å². The second-order valence-corrected chi connectivity index (χ2v) is 12.5. The summed E-state index contributed by atoms with van der Waals surface area (Å²) in [5.74, 6) is 0.00501. The highest BCUT2D eigenvalue weighted by molar-refractivity contribution is 8.00. The maximum absolute atomic E-state index is 12.9. The summed E-state index contributed by atoms with van der Waals surface area (Å²) in [6.07, 6.45) is 7.30. The Morgan fingerprint density at radius 2 is 1.59 bits per heavy atom. The zero-order valence-corrected chi connectivity index (χ0v) is 26.8. The van der Waals surface area contributed by atoms with E-state index in [0.29, 0.717) is 25.8 Å². The van der Waals surface area contributed by atoms with Crippen LogP contribution in [0, 0.1) is 11.8 Å². The molecular weight excluding hydrogens is 514 g/mol. The second kappa shape index (κ2) is 20.0. The molecule has 8 nitrogen and oxygen atoms in total. The number of Topliss-reactive ketones (excluding diaryl/α,β-unsaturated/α-hetero) is 1. The van der Waals surface area contributed by atoms with Gasteiger partial charge in [0.15, 0.2) is 5.78 Å². The SMILES string of the molecule is CCCC.CCCCSC1CC(=O)N(CCCCCC(=O)N(C)[C@H](C(=O)N[C@H](C(C)=O)C(C)C)C(C)C)C1=O.[HH]. The average Bonchev–Trinajstić information content (AvgIpc) is 3.14. The Kier molecular flexibility index (Phi) is 19.1. The lowest BCUT2D eigenvalue weighted by atomic mass is 9.97. The standard InChI is InChI=1S/C26H45N3O5S.C4H10.H2/c1-8-9-15-35-20-16-22(32)29(26(20)34)14-12-10-11-13-21(31)28(7)24(18(4)5)25(33)27-23(17(2)3)19(6)30;1-3-4-2;/h17-18,20,23-24H,8-16H2,1-7H3,(H,27,33);3-4H2,1-2H3;1H/t20?,23-,24-;;/m0../s1. The van der Waals surface area contributed by atoms with Crippen LogP contribution < -0.4 is 5.32 Å². The summed E-state index contributed by atoms with van der Waals surface area (Å²) in [5, 5.41) is 2.57. The molecule has 4 amide bonds. The number of carbonyl (C=O) groups excluding carboxylic acids is 5. The van der Waals surface area contributed by atoms with Crippen LogP contribution >= 0.6 is 11.8 Å². The van der Waals surface area contributed by atoms with Gasteiger partial charge in [0.2, 0.25) is 23.6 Å². The van der Waals surface area contributed by atoms with Gasteiger partial charge >= 0.3 is 0 Å². The minimum absolute atomic E-state index is 0. The number of rotatable bonds is 17. The molecule has 1 rings (SSSR count). The first-order chi connectivity index (χ1) is 18.3. The third-order valence-electron chi connectivity index (χ3n) is 6.90. The molecule has 1 heterocycles. The summed E-state index contributed by atoms with van der Waals surface area (Å²) in [6, 6.07) is -1.24. The van der Waals surface area contributed by atoms with Gasteiger partial charge in [0, 0.05) is 27.9 Å². The molecular formula is C30H57N3O5S. The van der Waals surface area contributed by atoms with Crippen molar-refractivity contribution in [2.45, 2.75) is 131 Å². The van der Waals surface area contributed by atoms with Gasteiger partial charge < -0.3 is 10.2 Å². The van der Waals surface area contributed by atoms with Gasteiger partial charge in [-0.15, -0.1) is 11.8 Å². The summed E-state index contributed by atoms with van der Waals surface area (Å²) in [4.78, 5) is 65.2. The number of nitrogens with one attached hydrogen (secondary N) is 1. The van der Waals surface area contributed by atoms with Crippen LogP contribution in [0.2, 0.25) is 0 Å². The van der Waals surface area contributed by atoms with Crippen molar-refractivity contribution in [2.75, 3.05) is 19.3 Å². The van der Waals surface area contributed by atoms with Gasteiger partial charge in [-0.3, -0.25) is 28.9 Å². The number of imide groups is 1. The lowest BCUT2D eigenvalue weighted by Gasteiger charge is -2.32. The molecule has 0 aliphatic carbocycles. The Hall–Kier alpha value is -1.90. The molecule has 0 spiro atoms. The van der Waals surface area contributed by atoms with Gasteiger partial charge in [0.1, 0.15) is 6.04 Å². The molecule has 3 atom stereocenters. The van der Waals surface area contributed by atoms with E-state index in [1.54, 1.807) is 18.8 Å². The largest absolute Gasteiger partial charge is 0.344 e. The van der Waals surface area contributed by atoms with Crippen LogP contribution in [0.25, 0.3) is 0 Å². The van der Waals surface area contributed by atoms with E-state index in [1.165, 1.54) is 29.6 Å². The summed E-state index contributed by atoms with van der Waals surface area (Å²) in [7, 11) is 1.63. The first-order valence-corrected chi connectivity index (χ1v) is 15.9. The predicted molar refractivity (Wildman–Crippen MR) is 163 cm³/mol. The Morgan fingerprint density at radius 1 is 0.974 bits per heavy atom. The van der Waals surface area contributed by atoms with E-state index >= 15 is 0 Å². The number of likely N-dealkylation sites (tertiary alicyclic amines) is 1. The lowest BCUT2D eigenvalue weighted by Crippen LogP contribution is -2.55. The van der Waals surface area contributed by atoms with Gasteiger partial charge in [-0.1, -0.05) is 74.1 Å². The maximum Gasteiger partial charge on any atom is 0.243 e. The quantitative estimate of drug-likeness (QED) is 0.183. The molecule has 1 unspecified atom stereocenters. The van der Waals surface area contributed by atoms with Gasteiger partial charge in [0.05, 0.1) is 11.3 Å². The van der Waals surface area contributed by atoms with Crippen LogP contribution in [0.5, 0.6) is 0 Å². The van der Waals surface area contributed by atoms with Crippen molar-refractivity contribution in [2.24, 2.45) is 11.8 Å². The highest BCUT2D eigenvalue weighted by Crippen LogP contribution is 2.26. The van der Waals surface area contributed by atoms with Crippen molar-refractivity contribution in [1.82, 2.24) is 15.1 Å². The fourth-order valence-electron chi connectivity index (χ4n) is 4.34. The van der Waals surface area contributed by atoms with Crippen LogP contribution in [0.1, 0.15) is 115 Å². The number of thioether (sulfide) groups is 1. The van der Waals surface area contributed by atoms with Crippen molar-refractivity contribution in [1.29, 1.82) is 0 Å². The molecule has 0 aromatic carbocycles. The zero-order valence-electron chi connectivity index (χ0n) is 26.0. The van der Waals surface area contributed by atoms with E-state index in [2.05, 4.69) is 26.1 Å². The smallest absolute Gasteiger partial charge is 0.243 e. The summed E-state index contributed by atoms with van der Waals surface area (Å²) < 4.78 is 0. The molecule has 1 aliphatic rings. The molecule has 0 aromatic rings. The first kappa shape index (κ1) is 37.1. The average molecular weight is 572 g/mol. The van der Waals surface area contributed by atoms with Crippen LogP contribution in [0.3, 0.4) is 0 Å². The molecule has 0 radical (unpaired) electrons. The van der Waals surface area contributed by atoms with Gasteiger partial charge in [-0.25, -0.2) is 0 Å². The molecule has 9 heteroatoms. The third-order valence-corrected chi connectivity index (χ3v) is 8.20. The molecule has 1 N–H and O–H groups in total.